The maximum Gasteiger partial charge on any atom is 0.324 e. The highest BCUT2D eigenvalue weighted by molar-refractivity contribution is 5.94. The fourth-order valence-corrected chi connectivity index (χ4v) is 3.11. The van der Waals surface area contributed by atoms with Crippen molar-refractivity contribution in [1.29, 1.82) is 0 Å². The van der Waals surface area contributed by atoms with Crippen LogP contribution >= 0.6 is 0 Å². The Bertz CT molecular complexity index is 558. The number of anilines is 1. The molecule has 108 valence electrons. The van der Waals surface area contributed by atoms with Gasteiger partial charge < -0.3 is 10.0 Å². The number of hydrogen-bond acceptors (Lipinski definition) is 3. The molecule has 0 bridgehead atoms. The van der Waals surface area contributed by atoms with Gasteiger partial charge in [-0.25, -0.2) is 4.79 Å². The van der Waals surface area contributed by atoms with Gasteiger partial charge in [0.25, 0.3) is 0 Å². The third-order valence-corrected chi connectivity index (χ3v) is 4.49. The van der Waals surface area contributed by atoms with Crippen LogP contribution in [0.25, 0.3) is 0 Å². The first-order valence-corrected chi connectivity index (χ1v) is 7.07. The molecule has 1 N–H and O–H groups in total. The number of urea groups is 1. The molecule has 0 spiro atoms. The summed E-state index contributed by atoms with van der Waals surface area (Å²) in [5.74, 6) is 0.204. The monoisotopic (exact) mass is 275 g/mol. The Morgan fingerprint density at radius 2 is 2.00 bits per heavy atom. The Morgan fingerprint density at radius 1 is 1.25 bits per heavy atom. The molecule has 1 saturated heterocycles. The molecule has 0 aliphatic carbocycles. The van der Waals surface area contributed by atoms with E-state index in [-0.39, 0.29) is 11.8 Å². The molecule has 0 saturated carbocycles. The van der Waals surface area contributed by atoms with Gasteiger partial charge in [-0.15, -0.1) is 0 Å². The number of amides is 2. The Kier molecular flexibility index (Phi) is 3.09. The molecular weight excluding hydrogens is 254 g/mol. The van der Waals surface area contributed by atoms with Gasteiger partial charge in [-0.05, 0) is 43.7 Å². The highest BCUT2D eigenvalue weighted by Crippen LogP contribution is 2.40. The van der Waals surface area contributed by atoms with E-state index < -0.39 is 0 Å². The van der Waals surface area contributed by atoms with Crippen molar-refractivity contribution in [2.75, 3.05) is 32.1 Å². The number of carbonyl (C=O) groups excluding carboxylic acids is 1. The van der Waals surface area contributed by atoms with E-state index in [9.17, 15) is 9.90 Å². The minimum atomic E-state index is -0.0366. The molecule has 1 atom stereocenters. The number of benzene rings is 1. The quantitative estimate of drug-likeness (QED) is 0.854. The van der Waals surface area contributed by atoms with Crippen molar-refractivity contribution in [1.82, 2.24) is 9.80 Å². The van der Waals surface area contributed by atoms with E-state index >= 15 is 0 Å². The second-order valence-electron chi connectivity index (χ2n) is 5.84. The number of phenols is 1. The summed E-state index contributed by atoms with van der Waals surface area (Å²) in [4.78, 5) is 17.9. The molecule has 2 heterocycles. The first-order valence-electron chi connectivity index (χ1n) is 7.07. The van der Waals surface area contributed by atoms with Crippen LogP contribution in [0, 0.1) is 0 Å². The van der Waals surface area contributed by atoms with E-state index in [0.717, 1.165) is 25.1 Å². The summed E-state index contributed by atoms with van der Waals surface area (Å²) in [5.41, 5.74) is 3.00. The molecule has 2 aliphatic heterocycles. The molecule has 5 heteroatoms. The van der Waals surface area contributed by atoms with Crippen molar-refractivity contribution in [3.8, 4) is 5.75 Å². The second-order valence-corrected chi connectivity index (χ2v) is 5.84. The summed E-state index contributed by atoms with van der Waals surface area (Å²) < 4.78 is 0. The molecule has 0 aromatic heterocycles. The molecule has 20 heavy (non-hydrogen) atoms. The topological polar surface area (TPSA) is 47.0 Å². The number of hydrogen-bond donors (Lipinski definition) is 1. The Labute approximate surface area is 119 Å². The lowest BCUT2D eigenvalue weighted by atomic mass is 10.0. The van der Waals surface area contributed by atoms with Gasteiger partial charge in [0.2, 0.25) is 0 Å². The van der Waals surface area contributed by atoms with Gasteiger partial charge in [0.1, 0.15) is 5.75 Å². The normalized spacial score (nSPS) is 23.4. The summed E-state index contributed by atoms with van der Waals surface area (Å²) in [5, 5.41) is 10.3. The van der Waals surface area contributed by atoms with E-state index in [0.29, 0.717) is 18.3 Å². The van der Waals surface area contributed by atoms with Crippen LogP contribution in [0.1, 0.15) is 30.5 Å². The largest absolute Gasteiger partial charge is 0.506 e. The van der Waals surface area contributed by atoms with E-state index in [1.807, 2.05) is 12.1 Å². The molecule has 5 nitrogen and oxygen atoms in total. The molecule has 1 aromatic rings. The first kappa shape index (κ1) is 13.2. The minimum absolute atomic E-state index is 0.0366. The molecule has 1 fully saturated rings. The van der Waals surface area contributed by atoms with E-state index in [2.05, 4.69) is 18.9 Å². The third kappa shape index (κ3) is 1.93. The van der Waals surface area contributed by atoms with Gasteiger partial charge in [0, 0.05) is 32.7 Å². The predicted octanol–water partition coefficient (Wildman–Crippen LogP) is 2.16. The zero-order valence-corrected chi connectivity index (χ0v) is 12.3. The molecular formula is C15H21N3O2. The minimum Gasteiger partial charge on any atom is -0.506 e. The summed E-state index contributed by atoms with van der Waals surface area (Å²) >= 11 is 0. The van der Waals surface area contributed by atoms with E-state index in [1.165, 1.54) is 5.56 Å². The van der Waals surface area contributed by atoms with Crippen LogP contribution in [0.5, 0.6) is 5.75 Å². The average Bonchev–Trinajstić information content (AvgIpc) is 2.67. The zero-order valence-electron chi connectivity index (χ0n) is 12.3. The van der Waals surface area contributed by atoms with Crippen LogP contribution in [0.15, 0.2) is 12.1 Å². The predicted molar refractivity (Wildman–Crippen MR) is 78.0 cm³/mol. The molecule has 1 unspecified atom stereocenters. The van der Waals surface area contributed by atoms with Crippen LogP contribution in [-0.4, -0.2) is 48.1 Å². The van der Waals surface area contributed by atoms with Crippen LogP contribution in [0.4, 0.5) is 10.5 Å². The van der Waals surface area contributed by atoms with Gasteiger partial charge >= 0.3 is 6.03 Å². The van der Waals surface area contributed by atoms with Gasteiger partial charge in [0.15, 0.2) is 0 Å². The number of fused-ring (bicyclic) bond motifs is 1. The second kappa shape index (κ2) is 4.66. The van der Waals surface area contributed by atoms with Crippen molar-refractivity contribution in [2.45, 2.75) is 25.9 Å². The standard InChI is InChI=1S/C15H21N3O2/c1-10-12-8-13(14(19)7-11(12)9-17(10)3)18-6-4-5-16(2)15(18)20/h7-8,10,19H,4-6,9H2,1-3H3. The highest BCUT2D eigenvalue weighted by atomic mass is 16.3. The molecule has 2 aliphatic rings. The van der Waals surface area contributed by atoms with Gasteiger partial charge in [-0.2, -0.15) is 0 Å². The molecule has 1 aromatic carbocycles. The Morgan fingerprint density at radius 3 is 2.75 bits per heavy atom. The summed E-state index contributed by atoms with van der Waals surface area (Å²) in [6.45, 7) is 4.44. The van der Waals surface area contributed by atoms with Crippen LogP contribution in [-0.2, 0) is 6.54 Å². The van der Waals surface area contributed by atoms with Crippen molar-refractivity contribution in [2.24, 2.45) is 0 Å². The number of nitrogens with zero attached hydrogens (tertiary/aromatic N) is 3. The Hall–Kier alpha value is -1.75. The first-order chi connectivity index (χ1) is 9.49. The maximum absolute atomic E-state index is 12.3. The maximum atomic E-state index is 12.3. The fraction of sp³-hybridized carbons (Fsp3) is 0.533. The lowest BCUT2D eigenvalue weighted by Crippen LogP contribution is -2.47. The fourth-order valence-electron chi connectivity index (χ4n) is 3.11. The zero-order chi connectivity index (χ0) is 14.4. The highest BCUT2D eigenvalue weighted by Gasteiger charge is 2.30. The van der Waals surface area contributed by atoms with Crippen LogP contribution in [0.3, 0.4) is 0 Å². The third-order valence-electron chi connectivity index (χ3n) is 4.49. The van der Waals surface area contributed by atoms with E-state index in [4.69, 9.17) is 0 Å². The number of phenolic OH excluding ortho intramolecular Hbond substituents is 1. The van der Waals surface area contributed by atoms with Crippen LogP contribution < -0.4 is 4.90 Å². The van der Waals surface area contributed by atoms with Gasteiger partial charge in [-0.1, -0.05) is 0 Å². The Balaban J connectivity index is 2.01. The van der Waals surface area contributed by atoms with Crippen LogP contribution in [0.2, 0.25) is 0 Å². The molecule has 2 amide bonds. The van der Waals surface area contributed by atoms with E-state index in [1.54, 1.807) is 16.8 Å². The lowest BCUT2D eigenvalue weighted by molar-refractivity contribution is 0.207. The number of rotatable bonds is 1. The van der Waals surface area contributed by atoms with Gasteiger partial charge in [0.05, 0.1) is 5.69 Å². The van der Waals surface area contributed by atoms with Gasteiger partial charge in [-0.3, -0.25) is 9.80 Å². The molecule has 3 rings (SSSR count). The molecule has 0 radical (unpaired) electrons. The number of carbonyl (C=O) groups is 1. The lowest BCUT2D eigenvalue weighted by Gasteiger charge is -2.34. The SMILES string of the molecule is CC1c2cc(N3CCCN(C)C3=O)c(O)cc2CN1C. The average molecular weight is 275 g/mol. The summed E-state index contributed by atoms with van der Waals surface area (Å²) in [7, 11) is 3.87. The van der Waals surface area contributed by atoms with Crippen molar-refractivity contribution in [3.63, 3.8) is 0 Å². The number of aromatic hydroxyl groups is 1. The van der Waals surface area contributed by atoms with Crippen molar-refractivity contribution in [3.05, 3.63) is 23.3 Å². The van der Waals surface area contributed by atoms with Crippen molar-refractivity contribution < 1.29 is 9.90 Å². The van der Waals surface area contributed by atoms with Crippen molar-refractivity contribution >= 4 is 11.7 Å². The summed E-state index contributed by atoms with van der Waals surface area (Å²) in [6, 6.07) is 4.08. The smallest absolute Gasteiger partial charge is 0.324 e. The summed E-state index contributed by atoms with van der Waals surface area (Å²) in [6.07, 6.45) is 0.925.